The van der Waals surface area contributed by atoms with Crippen LogP contribution in [0.4, 0.5) is 0 Å². The smallest absolute Gasteiger partial charge is 0.244 e. The maximum absolute atomic E-state index is 12.4. The van der Waals surface area contributed by atoms with E-state index in [1.807, 2.05) is 0 Å². The van der Waals surface area contributed by atoms with Crippen LogP contribution in [0, 0.1) is 0 Å². The topological polar surface area (TPSA) is 64.6 Å². The molecule has 0 amide bonds. The summed E-state index contributed by atoms with van der Waals surface area (Å²) < 4.78 is 38.0. The minimum Gasteiger partial charge on any atom is -0.495 e. The lowest BCUT2D eigenvalue weighted by Crippen LogP contribution is -2.44. The first-order chi connectivity index (χ1) is 9.53. The number of benzene rings is 1. The van der Waals surface area contributed by atoms with Crippen LogP contribution in [0.15, 0.2) is 29.2 Å². The second-order valence-corrected chi connectivity index (χ2v) is 7.51. The van der Waals surface area contributed by atoms with Crippen LogP contribution in [0.2, 0.25) is 0 Å². The Morgan fingerprint density at radius 3 is 2.70 bits per heavy atom. The molecule has 1 saturated heterocycles. The summed E-state index contributed by atoms with van der Waals surface area (Å²) in [5, 5.41) is 0. The van der Waals surface area contributed by atoms with Gasteiger partial charge in [0.2, 0.25) is 10.0 Å². The van der Waals surface area contributed by atoms with Gasteiger partial charge in [-0.05, 0) is 24.3 Å². The van der Waals surface area contributed by atoms with Crippen molar-refractivity contribution in [2.24, 2.45) is 0 Å². The third-order valence-corrected chi connectivity index (χ3v) is 6.11. The minimum atomic E-state index is -3.60. The molecule has 1 heterocycles. The Morgan fingerprint density at radius 1 is 1.35 bits per heavy atom. The van der Waals surface area contributed by atoms with Gasteiger partial charge < -0.3 is 9.47 Å². The summed E-state index contributed by atoms with van der Waals surface area (Å²) in [6, 6.07) is 6.58. The lowest BCUT2D eigenvalue weighted by Gasteiger charge is -2.26. The second-order valence-electron chi connectivity index (χ2n) is 4.67. The fourth-order valence-corrected chi connectivity index (χ4v) is 4.79. The summed E-state index contributed by atoms with van der Waals surface area (Å²) in [7, 11) is -0.518. The monoisotopic (exact) mass is 317 g/mol. The fraction of sp³-hybridized carbons (Fsp3) is 0.538. The van der Waals surface area contributed by atoms with Crippen molar-refractivity contribution >= 4 is 21.8 Å². The van der Waals surface area contributed by atoms with E-state index in [-0.39, 0.29) is 11.4 Å². The lowest BCUT2D eigenvalue weighted by molar-refractivity contribution is 0.0179. The van der Waals surface area contributed by atoms with E-state index in [2.05, 4.69) is 4.72 Å². The standard InChI is InChI=1S/C13H19NO4S2/c1-17-11-5-3-4-6-12(11)20(15,16)14-9-13(18-2)7-8-19-10-13/h3-6,14H,7-10H2,1-2H3. The Kier molecular flexibility index (Phi) is 4.95. The third-order valence-electron chi connectivity index (χ3n) is 3.44. The SMILES string of the molecule is COc1ccccc1S(=O)(=O)NCC1(OC)CCSC1. The average molecular weight is 317 g/mol. The molecule has 1 unspecified atom stereocenters. The first-order valence-electron chi connectivity index (χ1n) is 6.29. The number of hydrogen-bond donors (Lipinski definition) is 1. The van der Waals surface area contributed by atoms with Gasteiger partial charge in [0, 0.05) is 19.4 Å². The highest BCUT2D eigenvalue weighted by atomic mass is 32.2. The van der Waals surface area contributed by atoms with Gasteiger partial charge in [0.1, 0.15) is 10.6 Å². The van der Waals surface area contributed by atoms with Crippen LogP contribution in [0.3, 0.4) is 0 Å². The van der Waals surface area contributed by atoms with Gasteiger partial charge in [-0.3, -0.25) is 0 Å². The maximum Gasteiger partial charge on any atom is 0.244 e. The Labute approximate surface area is 124 Å². The predicted octanol–water partition coefficient (Wildman–Crippen LogP) is 1.50. The van der Waals surface area contributed by atoms with Gasteiger partial charge in [0.25, 0.3) is 0 Å². The molecule has 1 atom stereocenters. The minimum absolute atomic E-state index is 0.152. The molecular formula is C13H19NO4S2. The second kappa shape index (κ2) is 6.34. The number of rotatable bonds is 6. The summed E-state index contributed by atoms with van der Waals surface area (Å²) in [6.07, 6.45) is 0.850. The molecule has 0 aliphatic carbocycles. The summed E-state index contributed by atoms with van der Waals surface area (Å²) in [4.78, 5) is 0.152. The van der Waals surface area contributed by atoms with Gasteiger partial charge in [-0.15, -0.1) is 0 Å². The molecule has 1 N–H and O–H groups in total. The zero-order valence-corrected chi connectivity index (χ0v) is 13.2. The van der Waals surface area contributed by atoms with Crippen LogP contribution in [0.25, 0.3) is 0 Å². The van der Waals surface area contributed by atoms with Crippen molar-refractivity contribution in [1.82, 2.24) is 4.72 Å². The van der Waals surface area contributed by atoms with Crippen molar-refractivity contribution in [3.8, 4) is 5.75 Å². The van der Waals surface area contributed by atoms with Crippen molar-refractivity contribution in [1.29, 1.82) is 0 Å². The molecule has 1 aromatic carbocycles. The van der Waals surface area contributed by atoms with Gasteiger partial charge in [0.05, 0.1) is 12.7 Å². The highest BCUT2D eigenvalue weighted by molar-refractivity contribution is 7.99. The largest absolute Gasteiger partial charge is 0.495 e. The summed E-state index contributed by atoms with van der Waals surface area (Å²) in [5.74, 6) is 2.13. The molecule has 1 aliphatic rings. The molecule has 0 aromatic heterocycles. The molecule has 0 saturated carbocycles. The molecule has 0 spiro atoms. The van der Waals surface area contributed by atoms with E-state index in [4.69, 9.17) is 9.47 Å². The Morgan fingerprint density at radius 2 is 2.10 bits per heavy atom. The number of para-hydroxylation sites is 1. The average Bonchev–Trinajstić information content (AvgIpc) is 2.95. The molecular weight excluding hydrogens is 298 g/mol. The molecule has 2 rings (SSSR count). The highest BCUT2D eigenvalue weighted by Crippen LogP contribution is 2.31. The van der Waals surface area contributed by atoms with Crippen molar-refractivity contribution in [3.05, 3.63) is 24.3 Å². The number of ether oxygens (including phenoxy) is 2. The van der Waals surface area contributed by atoms with E-state index in [9.17, 15) is 8.42 Å². The van der Waals surface area contributed by atoms with E-state index in [0.717, 1.165) is 17.9 Å². The first-order valence-corrected chi connectivity index (χ1v) is 8.92. The molecule has 1 aliphatic heterocycles. The molecule has 7 heteroatoms. The van der Waals surface area contributed by atoms with E-state index >= 15 is 0 Å². The van der Waals surface area contributed by atoms with E-state index in [1.54, 1.807) is 37.1 Å². The van der Waals surface area contributed by atoms with Crippen molar-refractivity contribution in [2.75, 3.05) is 32.3 Å². The van der Waals surface area contributed by atoms with Crippen molar-refractivity contribution in [2.45, 2.75) is 16.9 Å². The van der Waals surface area contributed by atoms with E-state index < -0.39 is 15.6 Å². The zero-order chi connectivity index (χ0) is 14.6. The van der Waals surface area contributed by atoms with Gasteiger partial charge in [-0.2, -0.15) is 11.8 Å². The normalized spacial score (nSPS) is 22.9. The molecule has 1 fully saturated rings. The van der Waals surface area contributed by atoms with E-state index in [0.29, 0.717) is 5.75 Å². The summed E-state index contributed by atoms with van der Waals surface area (Å²) >= 11 is 1.78. The van der Waals surface area contributed by atoms with Crippen LogP contribution < -0.4 is 9.46 Å². The van der Waals surface area contributed by atoms with Crippen LogP contribution in [0.1, 0.15) is 6.42 Å². The molecule has 112 valence electrons. The molecule has 0 radical (unpaired) electrons. The van der Waals surface area contributed by atoms with Crippen LogP contribution >= 0.6 is 11.8 Å². The van der Waals surface area contributed by atoms with E-state index in [1.165, 1.54) is 13.2 Å². The number of sulfonamides is 1. The molecule has 0 bridgehead atoms. The Hall–Kier alpha value is -0.760. The van der Waals surface area contributed by atoms with Gasteiger partial charge in [-0.25, -0.2) is 13.1 Å². The van der Waals surface area contributed by atoms with Gasteiger partial charge >= 0.3 is 0 Å². The Balaban J connectivity index is 2.15. The number of nitrogens with one attached hydrogen (secondary N) is 1. The Bertz CT molecular complexity index is 553. The first kappa shape index (κ1) is 15.6. The maximum atomic E-state index is 12.4. The zero-order valence-electron chi connectivity index (χ0n) is 11.6. The predicted molar refractivity (Wildman–Crippen MR) is 79.9 cm³/mol. The van der Waals surface area contributed by atoms with Gasteiger partial charge in [0.15, 0.2) is 0 Å². The number of hydrogen-bond acceptors (Lipinski definition) is 5. The summed E-state index contributed by atoms with van der Waals surface area (Å²) in [6.45, 7) is 0.275. The third kappa shape index (κ3) is 3.28. The fourth-order valence-electron chi connectivity index (χ4n) is 2.11. The molecule has 1 aromatic rings. The van der Waals surface area contributed by atoms with Crippen LogP contribution in [-0.4, -0.2) is 46.3 Å². The number of thioether (sulfide) groups is 1. The quantitative estimate of drug-likeness (QED) is 0.861. The van der Waals surface area contributed by atoms with Crippen LogP contribution in [-0.2, 0) is 14.8 Å². The van der Waals surface area contributed by atoms with Gasteiger partial charge in [-0.1, -0.05) is 12.1 Å². The van der Waals surface area contributed by atoms with Crippen LogP contribution in [0.5, 0.6) is 5.75 Å². The van der Waals surface area contributed by atoms with Crippen molar-refractivity contribution < 1.29 is 17.9 Å². The lowest BCUT2D eigenvalue weighted by atomic mass is 10.0. The summed E-state index contributed by atoms with van der Waals surface area (Å²) in [5.41, 5.74) is -0.403. The highest BCUT2D eigenvalue weighted by Gasteiger charge is 2.36. The molecule has 20 heavy (non-hydrogen) atoms. The van der Waals surface area contributed by atoms with Crippen molar-refractivity contribution in [3.63, 3.8) is 0 Å². The number of methoxy groups -OCH3 is 2. The molecule has 5 nitrogen and oxygen atoms in total.